The molecule has 0 aliphatic heterocycles. The molecule has 0 N–H and O–H groups in total. The first kappa shape index (κ1) is 9.41. The number of hydrogen-bond acceptors (Lipinski definition) is 0. The molecule has 16 heavy (non-hydrogen) atoms. The summed E-state index contributed by atoms with van der Waals surface area (Å²) in [6.07, 6.45) is 1.09. The van der Waals surface area contributed by atoms with Gasteiger partial charge in [0.2, 0.25) is 0 Å². The van der Waals surface area contributed by atoms with Crippen LogP contribution < -0.4 is 0 Å². The van der Waals surface area contributed by atoms with Crippen LogP contribution in [0.25, 0.3) is 21.5 Å². The maximum atomic E-state index is 3.12. The first-order valence-electron chi connectivity index (χ1n) is 5.69. The van der Waals surface area contributed by atoms with E-state index in [9.17, 15) is 0 Å². The summed E-state index contributed by atoms with van der Waals surface area (Å²) >= 11 is 0. The molecule has 0 amide bonds. The molecule has 0 heterocycles. The fraction of sp³-hybridized carbons (Fsp3) is 0.125. The molecule has 0 bridgehead atoms. The fourth-order valence-corrected chi connectivity index (χ4v) is 2.15. The van der Waals surface area contributed by atoms with Crippen molar-refractivity contribution >= 4 is 21.5 Å². The molecular weight excluding hydrogens is 192 g/mol. The van der Waals surface area contributed by atoms with Gasteiger partial charge in [0.1, 0.15) is 0 Å². The minimum absolute atomic E-state index is 1.09. The zero-order valence-corrected chi connectivity index (χ0v) is 9.33. The Labute approximate surface area is 95.5 Å². The third kappa shape index (κ3) is 1.47. The summed E-state index contributed by atoms with van der Waals surface area (Å²) in [6, 6.07) is 20.5. The van der Waals surface area contributed by atoms with Gasteiger partial charge in [0, 0.05) is 0 Å². The molecular formula is C16H13. The third-order valence-electron chi connectivity index (χ3n) is 3.11. The van der Waals surface area contributed by atoms with Crippen molar-refractivity contribution in [3.8, 4) is 0 Å². The number of benzene rings is 3. The van der Waals surface area contributed by atoms with Crippen molar-refractivity contribution in [2.75, 3.05) is 0 Å². The minimum atomic E-state index is 1.09. The van der Waals surface area contributed by atoms with E-state index < -0.39 is 0 Å². The van der Waals surface area contributed by atoms with E-state index in [4.69, 9.17) is 0 Å². The monoisotopic (exact) mass is 205 g/mol. The molecule has 0 saturated carbocycles. The van der Waals surface area contributed by atoms with Crippen LogP contribution in [0.2, 0.25) is 0 Å². The van der Waals surface area contributed by atoms with E-state index in [1.807, 2.05) is 12.1 Å². The maximum Gasteiger partial charge on any atom is -0.0171 e. The van der Waals surface area contributed by atoms with E-state index in [0.717, 1.165) is 6.42 Å². The molecule has 0 nitrogen and oxygen atoms in total. The van der Waals surface area contributed by atoms with Gasteiger partial charge in [-0.2, -0.15) is 0 Å². The molecule has 0 atom stereocenters. The zero-order valence-electron chi connectivity index (χ0n) is 9.33. The average Bonchev–Trinajstić information content (AvgIpc) is 2.35. The number of hydrogen-bond donors (Lipinski definition) is 0. The van der Waals surface area contributed by atoms with Gasteiger partial charge in [0.25, 0.3) is 0 Å². The molecule has 0 saturated heterocycles. The van der Waals surface area contributed by atoms with Crippen molar-refractivity contribution in [2.45, 2.75) is 13.3 Å². The van der Waals surface area contributed by atoms with Crippen molar-refractivity contribution < 1.29 is 0 Å². The van der Waals surface area contributed by atoms with Gasteiger partial charge in [0.05, 0.1) is 0 Å². The topological polar surface area (TPSA) is 0 Å². The lowest BCUT2D eigenvalue weighted by Gasteiger charge is -2.04. The van der Waals surface area contributed by atoms with Crippen LogP contribution in [0, 0.1) is 6.07 Å². The largest absolute Gasteiger partial charge is 0.0613 e. The highest BCUT2D eigenvalue weighted by molar-refractivity contribution is 5.98. The predicted molar refractivity (Wildman–Crippen MR) is 69.7 cm³/mol. The standard InChI is InChI=1S/C16H13/c1-2-12-7-8-15-10-13-5-3-4-6-14(13)11-16(15)9-12/h4-11H,2H2,1H3. The number of aryl methyl sites for hydroxylation is 1. The maximum absolute atomic E-state index is 3.12. The Morgan fingerprint density at radius 1 is 0.875 bits per heavy atom. The highest BCUT2D eigenvalue weighted by Crippen LogP contribution is 2.23. The minimum Gasteiger partial charge on any atom is -0.0613 e. The Kier molecular flexibility index (Phi) is 2.14. The molecule has 77 valence electrons. The van der Waals surface area contributed by atoms with Crippen molar-refractivity contribution in [2.24, 2.45) is 0 Å². The third-order valence-corrected chi connectivity index (χ3v) is 3.11. The van der Waals surface area contributed by atoms with Crippen molar-refractivity contribution in [3.63, 3.8) is 0 Å². The van der Waals surface area contributed by atoms with Crippen LogP contribution in [0.5, 0.6) is 0 Å². The highest BCUT2D eigenvalue weighted by Gasteiger charge is 1.98. The lowest BCUT2D eigenvalue weighted by Crippen LogP contribution is -1.81. The van der Waals surface area contributed by atoms with Gasteiger partial charge >= 0.3 is 0 Å². The Morgan fingerprint density at radius 3 is 2.56 bits per heavy atom. The van der Waals surface area contributed by atoms with Crippen LogP contribution in [0.1, 0.15) is 12.5 Å². The number of rotatable bonds is 1. The van der Waals surface area contributed by atoms with E-state index in [1.54, 1.807) is 0 Å². The summed E-state index contributed by atoms with van der Waals surface area (Å²) in [7, 11) is 0. The summed E-state index contributed by atoms with van der Waals surface area (Å²) in [5, 5.41) is 5.20. The highest BCUT2D eigenvalue weighted by atomic mass is 14.0. The molecule has 0 spiro atoms. The van der Waals surface area contributed by atoms with Gasteiger partial charge in [-0.3, -0.25) is 0 Å². The van der Waals surface area contributed by atoms with Gasteiger partial charge < -0.3 is 0 Å². The summed E-state index contributed by atoms with van der Waals surface area (Å²) in [5.74, 6) is 0. The van der Waals surface area contributed by atoms with Gasteiger partial charge in [-0.15, -0.1) is 0 Å². The van der Waals surface area contributed by atoms with Gasteiger partial charge in [-0.25, -0.2) is 0 Å². The molecule has 0 aliphatic rings. The Hall–Kier alpha value is -1.82. The molecule has 0 aromatic heterocycles. The van der Waals surface area contributed by atoms with E-state index in [-0.39, 0.29) is 0 Å². The summed E-state index contributed by atoms with van der Waals surface area (Å²) in [5.41, 5.74) is 1.40. The molecule has 0 fully saturated rings. The molecule has 3 rings (SSSR count). The van der Waals surface area contributed by atoms with Crippen LogP contribution in [0.15, 0.2) is 48.5 Å². The van der Waals surface area contributed by atoms with Crippen molar-refractivity contribution in [1.82, 2.24) is 0 Å². The van der Waals surface area contributed by atoms with Gasteiger partial charge in [0.15, 0.2) is 0 Å². The second kappa shape index (κ2) is 3.64. The average molecular weight is 205 g/mol. The van der Waals surface area contributed by atoms with E-state index in [1.165, 1.54) is 27.1 Å². The van der Waals surface area contributed by atoms with Gasteiger partial charge in [-0.05, 0) is 57.8 Å². The molecule has 1 radical (unpaired) electrons. The SMILES string of the molecule is CCc1ccc2cc3c[c]ccc3cc2c1. The van der Waals surface area contributed by atoms with Crippen LogP contribution in [-0.2, 0) is 6.42 Å². The normalized spacial score (nSPS) is 11.1. The van der Waals surface area contributed by atoms with Crippen LogP contribution in [0.3, 0.4) is 0 Å². The zero-order chi connectivity index (χ0) is 11.0. The quantitative estimate of drug-likeness (QED) is 0.518. The molecule has 0 heteroatoms. The van der Waals surface area contributed by atoms with E-state index in [2.05, 4.69) is 49.4 Å². The Bertz CT molecular complexity index is 650. The smallest absolute Gasteiger partial charge is 0.0171 e. The summed E-state index contributed by atoms with van der Waals surface area (Å²) in [4.78, 5) is 0. The molecule has 3 aromatic rings. The van der Waals surface area contributed by atoms with Gasteiger partial charge in [-0.1, -0.05) is 37.3 Å². The van der Waals surface area contributed by atoms with E-state index in [0.29, 0.717) is 0 Å². The Balaban J connectivity index is 2.37. The number of fused-ring (bicyclic) bond motifs is 2. The van der Waals surface area contributed by atoms with Crippen LogP contribution in [0.4, 0.5) is 0 Å². The summed E-state index contributed by atoms with van der Waals surface area (Å²) < 4.78 is 0. The molecule has 0 aliphatic carbocycles. The van der Waals surface area contributed by atoms with Crippen LogP contribution >= 0.6 is 0 Å². The first-order valence-corrected chi connectivity index (χ1v) is 5.69. The van der Waals surface area contributed by atoms with Crippen LogP contribution in [-0.4, -0.2) is 0 Å². The Morgan fingerprint density at radius 2 is 1.69 bits per heavy atom. The second-order valence-corrected chi connectivity index (χ2v) is 4.16. The molecule has 3 aromatic carbocycles. The second-order valence-electron chi connectivity index (χ2n) is 4.16. The summed E-state index contributed by atoms with van der Waals surface area (Å²) in [6.45, 7) is 2.19. The lowest BCUT2D eigenvalue weighted by molar-refractivity contribution is 1.15. The van der Waals surface area contributed by atoms with Crippen molar-refractivity contribution in [1.29, 1.82) is 0 Å². The molecule has 0 unspecified atom stereocenters. The van der Waals surface area contributed by atoms with Crippen molar-refractivity contribution in [3.05, 3.63) is 60.2 Å². The first-order chi connectivity index (χ1) is 7.86. The predicted octanol–water partition coefficient (Wildman–Crippen LogP) is 4.36. The lowest BCUT2D eigenvalue weighted by atomic mass is 10.0. The van der Waals surface area contributed by atoms with E-state index >= 15 is 0 Å². The fourth-order valence-electron chi connectivity index (χ4n) is 2.15.